The first-order valence-electron chi connectivity index (χ1n) is 40.3. The third-order valence-electron chi connectivity index (χ3n) is 24.6. The van der Waals surface area contributed by atoms with Crippen molar-refractivity contribution in [2.75, 3.05) is 26.2 Å². The lowest BCUT2D eigenvalue weighted by Crippen LogP contribution is -2.34. The second-order valence-electron chi connectivity index (χ2n) is 31.9. The van der Waals surface area contributed by atoms with Crippen LogP contribution < -0.4 is 39.6 Å². The molecule has 16 atom stereocenters. The van der Waals surface area contributed by atoms with Gasteiger partial charge < -0.3 is 98.8 Å². The second-order valence-corrected chi connectivity index (χ2v) is 32.8. The molecule has 0 saturated heterocycles. The topological polar surface area (TPSA) is 358 Å². The van der Waals surface area contributed by atoms with Crippen molar-refractivity contribution in [3.05, 3.63) is 218 Å². The summed E-state index contributed by atoms with van der Waals surface area (Å²) >= 11 is 12.5. The van der Waals surface area contributed by atoms with Crippen molar-refractivity contribution in [1.29, 1.82) is 0 Å². The summed E-state index contributed by atoms with van der Waals surface area (Å²) in [5.74, 6) is 1.78. The Morgan fingerprint density at radius 1 is 0.479 bits per heavy atom. The number of carbonyl (C=O) groups excluding carboxylic acids is 1. The van der Waals surface area contributed by atoms with E-state index in [2.05, 4.69) is 45.9 Å². The summed E-state index contributed by atoms with van der Waals surface area (Å²) in [5.41, 5.74) is 11.3. The van der Waals surface area contributed by atoms with Gasteiger partial charge in [-0.3, -0.25) is 4.79 Å². The van der Waals surface area contributed by atoms with Gasteiger partial charge in [-0.25, -0.2) is 43.1 Å². The van der Waals surface area contributed by atoms with Gasteiger partial charge in [0.1, 0.15) is 155 Å². The summed E-state index contributed by atoms with van der Waals surface area (Å²) in [4.78, 5) is 38.2. The number of halogens is 5. The molecule has 32 heteroatoms. The molecule has 0 unspecified atom stereocenters. The van der Waals surface area contributed by atoms with E-state index in [-0.39, 0.29) is 23.2 Å². The highest BCUT2D eigenvalue weighted by atomic mass is 35.5. The average Bonchev–Trinajstić information content (AvgIpc) is 1.62. The molecule has 0 radical (unpaired) electrons. The number of benzene rings is 4. The average molecular weight is 1670 g/mol. The number of nitrogens with one attached hydrogen (secondary N) is 3. The zero-order chi connectivity index (χ0) is 82.9. The molecule has 4 aromatic carbocycles. The Balaban J connectivity index is 0.000000113. The van der Waals surface area contributed by atoms with E-state index in [4.69, 9.17) is 46.9 Å². The number of aryl methyl sites for hydroxylation is 4. The van der Waals surface area contributed by atoms with Gasteiger partial charge in [-0.1, -0.05) is 29.3 Å². The van der Waals surface area contributed by atoms with Crippen LogP contribution in [0, 0.1) is 45.1 Å². The number of carbonyl (C=O) groups is 1. The monoisotopic (exact) mass is 1670 g/mol. The quantitative estimate of drug-likeness (QED) is 0.0542. The molecule has 11 heterocycles. The first kappa shape index (κ1) is 81.3. The summed E-state index contributed by atoms with van der Waals surface area (Å²) < 4.78 is 80.3. The van der Waals surface area contributed by atoms with Gasteiger partial charge in [-0.05, 0) is 180 Å². The lowest BCUT2D eigenvalue weighted by Gasteiger charge is -2.24. The number of pyridine rings is 2. The Bertz CT molecular complexity index is 5720. The van der Waals surface area contributed by atoms with E-state index < -0.39 is 103 Å². The van der Waals surface area contributed by atoms with Crippen LogP contribution in [-0.2, 0) is 38.8 Å². The van der Waals surface area contributed by atoms with Gasteiger partial charge in [-0.2, -0.15) is 0 Å². The molecule has 624 valence electrons. The van der Waals surface area contributed by atoms with Crippen LogP contribution in [0.5, 0.6) is 28.7 Å². The van der Waals surface area contributed by atoms with Crippen molar-refractivity contribution < 1.29 is 82.5 Å². The number of rotatable bonds is 12. The summed E-state index contributed by atoms with van der Waals surface area (Å²) in [7, 11) is 0. The Morgan fingerprint density at radius 3 is 1.61 bits per heavy atom. The second kappa shape index (κ2) is 33.9. The minimum atomic E-state index is -1.13. The molecule has 119 heavy (non-hydrogen) atoms. The minimum absolute atomic E-state index is 0.189. The molecule has 0 bridgehead atoms. The lowest BCUT2D eigenvalue weighted by atomic mass is 9.90. The molecule has 27 nitrogen and oxygen atoms in total. The predicted octanol–water partition coefficient (Wildman–Crippen LogP) is 9.64. The number of amides is 1. The summed E-state index contributed by atoms with van der Waals surface area (Å²) in [6, 6.07) is 21.3. The van der Waals surface area contributed by atoms with Gasteiger partial charge in [0.2, 0.25) is 0 Å². The van der Waals surface area contributed by atoms with E-state index in [0.717, 1.165) is 117 Å². The number of ether oxygens (including phenoxy) is 5. The molecule has 3 aliphatic heterocycles. The molecule has 4 fully saturated rings. The SMILES string of the molecule is Cc1ccnc2c1c(F)cn2[C@@H]1C[C@H](Oc2cc(Cl)cc3c2CNCC3)[C@@H](O)[C@H]1O.Cc1ccnc2c1ccn2[C@@H]1C[C@H](Oc2cccc3c2C(=O)NCCO3)[C@@H](O)[C@H]1O.Cc1ncc2c(F)cn([C@@H]3C[C@H](Oc4cc(Cl)cc5c4CNCC5)[C@@H](O)[C@H]3O)c2n1.Cc1ncnc2c1ccn2[C@@H]1C[C@H](Oc2ccc(F)c3c2CCCC3)[C@@H](O)[C@H]1O. The van der Waals surface area contributed by atoms with E-state index >= 15 is 0 Å². The highest BCUT2D eigenvalue weighted by Gasteiger charge is 2.49. The van der Waals surface area contributed by atoms with Crippen molar-refractivity contribution >= 4 is 73.2 Å². The van der Waals surface area contributed by atoms with Crippen LogP contribution in [0.25, 0.3) is 44.1 Å². The fourth-order valence-corrected chi connectivity index (χ4v) is 18.8. The van der Waals surface area contributed by atoms with Gasteiger partial charge in [0.05, 0.1) is 47.2 Å². The van der Waals surface area contributed by atoms with Crippen molar-refractivity contribution in [3.63, 3.8) is 0 Å². The number of aliphatic hydroxyl groups is 8. The maximum atomic E-state index is 14.6. The minimum Gasteiger partial charge on any atom is -0.491 e. The maximum absolute atomic E-state index is 14.6. The highest BCUT2D eigenvalue weighted by molar-refractivity contribution is 6.31. The highest BCUT2D eigenvalue weighted by Crippen LogP contribution is 2.45. The van der Waals surface area contributed by atoms with Crippen molar-refractivity contribution in [2.24, 2.45) is 0 Å². The van der Waals surface area contributed by atoms with Crippen LogP contribution >= 0.6 is 23.2 Å². The van der Waals surface area contributed by atoms with Gasteiger partial charge >= 0.3 is 0 Å². The van der Waals surface area contributed by atoms with Gasteiger partial charge in [0.25, 0.3) is 5.91 Å². The zero-order valence-corrected chi connectivity index (χ0v) is 67.1. The van der Waals surface area contributed by atoms with Crippen molar-refractivity contribution in [1.82, 2.24) is 64.1 Å². The number of hydrogen-bond donors (Lipinski definition) is 11. The summed E-state index contributed by atoms with van der Waals surface area (Å²) in [6.07, 6.45) is 8.01. The molecule has 12 aromatic rings. The van der Waals surface area contributed by atoms with Crippen molar-refractivity contribution in [2.45, 2.75) is 202 Å². The Labute approximate surface area is 691 Å². The molecular formula is C87H92Cl2F3N13O14. The zero-order valence-electron chi connectivity index (χ0n) is 65.6. The van der Waals surface area contributed by atoms with Crippen LogP contribution in [0.2, 0.25) is 10.0 Å². The molecule has 1 amide bonds. The molecule has 8 aromatic heterocycles. The predicted molar refractivity (Wildman–Crippen MR) is 435 cm³/mol. The van der Waals surface area contributed by atoms with Gasteiger partial charge in [0.15, 0.2) is 11.6 Å². The number of aromatic nitrogens is 10. The molecule has 11 N–H and O–H groups in total. The fourth-order valence-electron chi connectivity index (χ4n) is 18.3. The number of aliphatic hydroxyl groups excluding tert-OH is 8. The van der Waals surface area contributed by atoms with Crippen LogP contribution in [0.3, 0.4) is 0 Å². The Morgan fingerprint density at radius 2 is 1.00 bits per heavy atom. The molecule has 20 rings (SSSR count). The Hall–Kier alpha value is -10.1. The third-order valence-corrected chi connectivity index (χ3v) is 25.0. The molecule has 0 spiro atoms. The van der Waals surface area contributed by atoms with Crippen LogP contribution in [-0.4, -0.2) is 194 Å². The third kappa shape index (κ3) is 15.7. The van der Waals surface area contributed by atoms with Crippen LogP contribution in [0.4, 0.5) is 13.2 Å². The molecule has 8 aliphatic rings. The fraction of sp³-hybridized carbons (Fsp3) is 0.414. The maximum Gasteiger partial charge on any atom is 0.258 e. The van der Waals surface area contributed by atoms with E-state index in [1.807, 2.05) is 72.6 Å². The van der Waals surface area contributed by atoms with E-state index in [0.29, 0.717) is 125 Å². The van der Waals surface area contributed by atoms with Gasteiger partial charge in [0, 0.05) is 120 Å². The van der Waals surface area contributed by atoms with Crippen molar-refractivity contribution in [3.8, 4) is 28.7 Å². The normalized spacial score (nSPS) is 26.2. The summed E-state index contributed by atoms with van der Waals surface area (Å²) in [6.45, 7) is 11.3. The molecular weight excluding hydrogens is 1580 g/mol. The number of hydrogen-bond acceptors (Lipinski definition) is 22. The largest absolute Gasteiger partial charge is 0.491 e. The van der Waals surface area contributed by atoms with E-state index in [1.54, 1.807) is 70.9 Å². The van der Waals surface area contributed by atoms with E-state index in [9.17, 15) is 58.8 Å². The number of fused-ring (bicyclic) bond motifs is 8. The lowest BCUT2D eigenvalue weighted by molar-refractivity contribution is -0.0167. The standard InChI is InChI=1S/C22H23ClFN3O3.C22H24FN3O3.C22H23N3O5.C21H22ClFN4O3/c1-11-2-5-26-22-19(11)15(24)10-27(22)16-8-18(21(29)20(16)28)30-17-7-13(23)6-12-3-4-25-9-14(12)17;1-12-13-8-9-26(22(13)25-11-24-12)17-10-19(21(28)20(17)27)29-18-7-6-16(23)14-4-2-3-5-15(14)18;1-12-5-7-23-21-13(12)6-9-25(21)14-11-17(20(27)19(14)26)30-16-4-2-3-15-18(16)22(28)24-8-10-29-15;1-10-25-8-14-15(23)9-27(21(14)26-10)16-6-18(20(29)19(16)28)30-17-5-12(22)4-11-2-3-24-7-13(11)17/h2,5-7,10,16,18,20-21,25,28-29H,3-4,8-9H2,1H3;6-9,11,17,19-21,27-28H,2-5,10H2,1H3;2-7,9,14,17,19-20,26-27H,8,10-11H2,1H3,(H,24,28);4-5,8-9,16,18-20,24,28-29H,2-3,6-7H2,1H3/t16-,18+,20+,21-;17-,19+,20+,21-;14-,17+,19+,20-;16-,18+,19+,20-/m1111/s1. The Kier molecular flexibility index (Phi) is 23.1. The van der Waals surface area contributed by atoms with Gasteiger partial charge in [-0.15, -0.1) is 0 Å². The molecule has 5 aliphatic carbocycles. The first-order valence-corrected chi connectivity index (χ1v) is 41.0. The summed E-state index contributed by atoms with van der Waals surface area (Å²) in [5, 5.41) is 98.9. The molecule has 4 saturated carbocycles. The smallest absolute Gasteiger partial charge is 0.258 e. The first-order chi connectivity index (χ1) is 57.4. The van der Waals surface area contributed by atoms with E-state index in [1.165, 1.54) is 31.0 Å². The van der Waals surface area contributed by atoms with Crippen LogP contribution in [0.1, 0.15) is 129 Å². The number of nitrogens with zero attached hydrogens (tertiary/aromatic N) is 10. The van der Waals surface area contributed by atoms with Crippen LogP contribution in [0.15, 0.2) is 129 Å².